The van der Waals surface area contributed by atoms with Crippen molar-refractivity contribution >= 4 is 17.5 Å². The lowest BCUT2D eigenvalue weighted by Gasteiger charge is -2.31. The fraction of sp³-hybridized carbons (Fsp3) is 0.200. The van der Waals surface area contributed by atoms with Crippen LogP contribution in [-0.2, 0) is 16.0 Å². The Morgan fingerprint density at radius 2 is 1.81 bits per heavy atom. The van der Waals surface area contributed by atoms with E-state index in [1.807, 2.05) is 37.3 Å². The molecule has 6 heteroatoms. The summed E-state index contributed by atoms with van der Waals surface area (Å²) >= 11 is 0. The Hall–Kier alpha value is -3.67. The predicted molar refractivity (Wildman–Crippen MR) is 116 cm³/mol. The number of methoxy groups -OCH3 is 1. The van der Waals surface area contributed by atoms with E-state index in [1.165, 1.54) is 12.1 Å². The predicted octanol–water partition coefficient (Wildman–Crippen LogP) is 4.26. The minimum atomic E-state index is -0.514. The number of amides is 2. The number of anilines is 1. The zero-order valence-electron chi connectivity index (χ0n) is 17.4. The van der Waals surface area contributed by atoms with Crippen LogP contribution in [0.25, 0.3) is 0 Å². The summed E-state index contributed by atoms with van der Waals surface area (Å²) in [5, 5.41) is 2.90. The number of hydrogen-bond donors (Lipinski definition) is 1. The quantitative estimate of drug-likeness (QED) is 0.689. The molecular formula is C25H23FN2O3. The van der Waals surface area contributed by atoms with Crippen molar-refractivity contribution in [3.8, 4) is 5.75 Å². The van der Waals surface area contributed by atoms with Crippen LogP contribution in [0.5, 0.6) is 5.75 Å². The van der Waals surface area contributed by atoms with Gasteiger partial charge in [0.05, 0.1) is 19.6 Å². The third-order valence-corrected chi connectivity index (χ3v) is 5.42. The van der Waals surface area contributed by atoms with Crippen LogP contribution in [0.3, 0.4) is 0 Å². The van der Waals surface area contributed by atoms with E-state index in [9.17, 15) is 14.0 Å². The summed E-state index contributed by atoms with van der Waals surface area (Å²) in [7, 11) is 1.59. The number of hydrogen-bond acceptors (Lipinski definition) is 3. The second-order valence-electron chi connectivity index (χ2n) is 7.64. The zero-order valence-corrected chi connectivity index (χ0v) is 17.4. The van der Waals surface area contributed by atoms with Crippen LogP contribution in [0, 0.1) is 12.7 Å². The molecule has 1 N–H and O–H groups in total. The van der Waals surface area contributed by atoms with Crippen molar-refractivity contribution in [3.63, 3.8) is 0 Å². The molecule has 2 amide bonds. The smallest absolute Gasteiger partial charge is 0.244 e. The molecule has 0 saturated heterocycles. The lowest BCUT2D eigenvalue weighted by atomic mass is 9.94. The van der Waals surface area contributed by atoms with Crippen LogP contribution < -0.4 is 10.1 Å². The first-order chi connectivity index (χ1) is 14.9. The maximum Gasteiger partial charge on any atom is 0.244 e. The zero-order chi connectivity index (χ0) is 22.0. The average Bonchev–Trinajstić information content (AvgIpc) is 2.90. The SMILES string of the molecule is COc1ccc(CC(=O)N2CC(=O)Nc3ccc(C)cc3C2c2ccc(F)cc2)cc1. The topological polar surface area (TPSA) is 58.6 Å². The summed E-state index contributed by atoms with van der Waals surface area (Å²) in [6.07, 6.45) is 0.135. The van der Waals surface area contributed by atoms with Crippen molar-refractivity contribution in [2.24, 2.45) is 0 Å². The van der Waals surface area contributed by atoms with Gasteiger partial charge < -0.3 is 15.0 Å². The van der Waals surface area contributed by atoms with E-state index >= 15 is 0 Å². The molecular weight excluding hydrogens is 395 g/mol. The van der Waals surface area contributed by atoms with Crippen molar-refractivity contribution in [1.29, 1.82) is 0 Å². The molecule has 0 fully saturated rings. The first-order valence-corrected chi connectivity index (χ1v) is 10.0. The minimum absolute atomic E-state index is 0.0925. The Kier molecular flexibility index (Phi) is 5.71. The van der Waals surface area contributed by atoms with Crippen molar-refractivity contribution in [1.82, 2.24) is 4.90 Å². The molecule has 1 heterocycles. The van der Waals surface area contributed by atoms with Gasteiger partial charge in [-0.15, -0.1) is 0 Å². The Labute approximate surface area is 180 Å². The number of nitrogens with one attached hydrogen (secondary N) is 1. The molecule has 3 aromatic carbocycles. The van der Waals surface area contributed by atoms with Crippen LogP contribution in [0.2, 0.25) is 0 Å². The van der Waals surface area contributed by atoms with E-state index in [0.717, 1.165) is 22.3 Å². The number of rotatable bonds is 4. The molecule has 0 aromatic heterocycles. The van der Waals surface area contributed by atoms with E-state index < -0.39 is 6.04 Å². The summed E-state index contributed by atoms with van der Waals surface area (Å²) in [6.45, 7) is 1.86. The largest absolute Gasteiger partial charge is 0.497 e. The van der Waals surface area contributed by atoms with Gasteiger partial charge in [0.15, 0.2) is 0 Å². The Bertz CT molecular complexity index is 1110. The van der Waals surface area contributed by atoms with Crippen molar-refractivity contribution in [2.75, 3.05) is 19.0 Å². The number of halogens is 1. The van der Waals surface area contributed by atoms with E-state index in [0.29, 0.717) is 11.4 Å². The third-order valence-electron chi connectivity index (χ3n) is 5.42. The molecule has 0 spiro atoms. The highest BCUT2D eigenvalue weighted by atomic mass is 19.1. The van der Waals surface area contributed by atoms with Gasteiger partial charge in [-0.3, -0.25) is 9.59 Å². The second-order valence-corrected chi connectivity index (χ2v) is 7.64. The van der Waals surface area contributed by atoms with Crippen molar-refractivity contribution in [3.05, 3.63) is 94.8 Å². The van der Waals surface area contributed by atoms with Crippen LogP contribution in [0.4, 0.5) is 10.1 Å². The second kappa shape index (κ2) is 8.60. The molecule has 0 aliphatic carbocycles. The monoisotopic (exact) mass is 418 g/mol. The molecule has 1 aliphatic heterocycles. The Morgan fingerprint density at radius 3 is 2.48 bits per heavy atom. The van der Waals surface area contributed by atoms with Gasteiger partial charge in [-0.1, -0.05) is 42.0 Å². The van der Waals surface area contributed by atoms with E-state index in [1.54, 1.807) is 36.3 Å². The third kappa shape index (κ3) is 4.43. The summed E-state index contributed by atoms with van der Waals surface area (Å²) in [5.41, 5.74) is 4.03. The summed E-state index contributed by atoms with van der Waals surface area (Å²) in [5.74, 6) is -0.104. The van der Waals surface area contributed by atoms with Gasteiger partial charge in [0, 0.05) is 11.3 Å². The fourth-order valence-corrected chi connectivity index (χ4v) is 3.88. The number of ether oxygens (including phenoxy) is 1. The van der Waals surface area contributed by atoms with E-state index in [2.05, 4.69) is 5.32 Å². The number of aryl methyl sites for hydroxylation is 1. The average molecular weight is 418 g/mol. The van der Waals surface area contributed by atoms with Gasteiger partial charge in [-0.2, -0.15) is 0 Å². The molecule has 3 aromatic rings. The number of fused-ring (bicyclic) bond motifs is 1. The highest BCUT2D eigenvalue weighted by molar-refractivity contribution is 5.97. The molecule has 0 bridgehead atoms. The summed E-state index contributed by atoms with van der Waals surface area (Å²) in [4.78, 5) is 27.6. The maximum atomic E-state index is 13.6. The van der Waals surface area contributed by atoms with Crippen LogP contribution >= 0.6 is 0 Å². The number of benzene rings is 3. The first kappa shape index (κ1) is 20.6. The maximum absolute atomic E-state index is 13.6. The fourth-order valence-electron chi connectivity index (χ4n) is 3.88. The lowest BCUT2D eigenvalue weighted by molar-refractivity contribution is -0.135. The number of nitrogens with zero attached hydrogens (tertiary/aromatic N) is 1. The first-order valence-electron chi connectivity index (χ1n) is 10.0. The van der Waals surface area contributed by atoms with Crippen molar-refractivity contribution in [2.45, 2.75) is 19.4 Å². The molecule has 1 aliphatic rings. The van der Waals surface area contributed by atoms with E-state index in [4.69, 9.17) is 4.74 Å². The molecule has 0 saturated carbocycles. The molecule has 4 rings (SSSR count). The normalized spacial score (nSPS) is 15.6. The van der Waals surface area contributed by atoms with Gasteiger partial charge in [-0.05, 0) is 48.4 Å². The lowest BCUT2D eigenvalue weighted by Crippen LogP contribution is -2.39. The number of carbonyl (C=O) groups excluding carboxylic acids is 2. The highest BCUT2D eigenvalue weighted by Gasteiger charge is 2.33. The molecule has 1 atom stereocenters. The standard InChI is InChI=1S/C25H23FN2O3/c1-16-3-12-22-21(13-16)25(18-6-8-19(26)9-7-18)28(15-23(29)27-22)24(30)14-17-4-10-20(31-2)11-5-17/h3-13,25H,14-15H2,1-2H3,(H,27,29). The molecule has 31 heavy (non-hydrogen) atoms. The van der Waals surface area contributed by atoms with Gasteiger partial charge in [0.1, 0.15) is 18.1 Å². The molecule has 1 unspecified atom stereocenters. The van der Waals surface area contributed by atoms with Crippen LogP contribution in [-0.4, -0.2) is 30.4 Å². The molecule has 5 nitrogen and oxygen atoms in total. The Morgan fingerprint density at radius 1 is 1.10 bits per heavy atom. The van der Waals surface area contributed by atoms with Gasteiger partial charge >= 0.3 is 0 Å². The van der Waals surface area contributed by atoms with Crippen LogP contribution in [0.15, 0.2) is 66.7 Å². The minimum Gasteiger partial charge on any atom is -0.497 e. The number of carbonyl (C=O) groups is 2. The van der Waals surface area contributed by atoms with Gasteiger partial charge in [0.25, 0.3) is 0 Å². The van der Waals surface area contributed by atoms with Crippen LogP contribution in [0.1, 0.15) is 28.3 Å². The highest BCUT2D eigenvalue weighted by Crippen LogP contribution is 2.36. The molecule has 0 radical (unpaired) electrons. The van der Waals surface area contributed by atoms with E-state index in [-0.39, 0.29) is 30.6 Å². The summed E-state index contributed by atoms with van der Waals surface area (Å²) in [6, 6.07) is 18.5. The molecule has 158 valence electrons. The Balaban J connectivity index is 1.76. The van der Waals surface area contributed by atoms with Gasteiger partial charge in [0.2, 0.25) is 11.8 Å². The van der Waals surface area contributed by atoms with Gasteiger partial charge in [-0.25, -0.2) is 4.39 Å². The van der Waals surface area contributed by atoms with Crippen molar-refractivity contribution < 1.29 is 18.7 Å². The summed E-state index contributed by atoms with van der Waals surface area (Å²) < 4.78 is 18.8.